The van der Waals surface area contributed by atoms with E-state index < -0.39 is 5.97 Å². The predicted molar refractivity (Wildman–Crippen MR) is 69.8 cm³/mol. The Labute approximate surface area is 105 Å². The van der Waals surface area contributed by atoms with Crippen LogP contribution in [0.4, 0.5) is 0 Å². The van der Waals surface area contributed by atoms with Crippen molar-refractivity contribution in [2.24, 2.45) is 5.41 Å². The second-order valence-corrected chi connectivity index (χ2v) is 6.05. The van der Waals surface area contributed by atoms with E-state index in [1.807, 2.05) is 27.7 Å². The Morgan fingerprint density at radius 2 is 1.88 bits per heavy atom. The highest BCUT2D eigenvalue weighted by molar-refractivity contribution is 5.88. The van der Waals surface area contributed by atoms with Crippen molar-refractivity contribution in [3.8, 4) is 0 Å². The molecule has 0 amide bonds. The fraction of sp³-hybridized carbons (Fsp3) is 0.786. The molecule has 1 fully saturated rings. The van der Waals surface area contributed by atoms with Crippen molar-refractivity contribution in [3.05, 3.63) is 11.3 Å². The molecule has 1 unspecified atom stereocenters. The second-order valence-electron chi connectivity index (χ2n) is 6.05. The molecular weight excluding hydrogens is 214 g/mol. The van der Waals surface area contributed by atoms with Crippen LogP contribution in [0.25, 0.3) is 0 Å². The number of carboxylic acid groups (broad SMARTS) is 1. The maximum atomic E-state index is 11.5. The van der Waals surface area contributed by atoms with Gasteiger partial charge in [-0.2, -0.15) is 0 Å². The summed E-state index contributed by atoms with van der Waals surface area (Å²) in [4.78, 5) is 13.7. The number of carbonyl (C=O) groups is 1. The molecule has 1 rings (SSSR count). The van der Waals surface area contributed by atoms with Crippen LogP contribution in [-0.4, -0.2) is 28.6 Å². The van der Waals surface area contributed by atoms with Gasteiger partial charge in [0.25, 0.3) is 0 Å². The minimum atomic E-state index is -0.784. The minimum Gasteiger partial charge on any atom is -0.478 e. The molecule has 1 atom stereocenters. The summed E-state index contributed by atoms with van der Waals surface area (Å²) in [6.45, 7) is 11.0. The van der Waals surface area contributed by atoms with Gasteiger partial charge in [0.1, 0.15) is 0 Å². The minimum absolute atomic E-state index is 0.312. The van der Waals surface area contributed by atoms with Crippen LogP contribution in [0.1, 0.15) is 53.9 Å². The van der Waals surface area contributed by atoms with E-state index in [2.05, 4.69) is 11.8 Å². The van der Waals surface area contributed by atoms with Crippen LogP contribution in [0.2, 0.25) is 0 Å². The lowest BCUT2D eigenvalue weighted by molar-refractivity contribution is -0.133. The highest BCUT2D eigenvalue weighted by atomic mass is 16.4. The Kier molecular flexibility index (Phi) is 4.23. The highest BCUT2D eigenvalue weighted by Gasteiger charge is 2.30. The van der Waals surface area contributed by atoms with Crippen LogP contribution in [-0.2, 0) is 4.79 Å². The number of aliphatic carboxylic acids is 1. The van der Waals surface area contributed by atoms with Crippen LogP contribution < -0.4 is 0 Å². The lowest BCUT2D eigenvalue weighted by Crippen LogP contribution is -2.38. The monoisotopic (exact) mass is 239 g/mol. The molecule has 1 aliphatic heterocycles. The smallest absolute Gasteiger partial charge is 0.333 e. The molecule has 0 aromatic carbocycles. The molecule has 1 aliphatic rings. The van der Waals surface area contributed by atoms with Crippen LogP contribution in [0.3, 0.4) is 0 Å². The Morgan fingerprint density at radius 1 is 1.29 bits per heavy atom. The van der Waals surface area contributed by atoms with Gasteiger partial charge in [-0.05, 0) is 38.5 Å². The first-order chi connectivity index (χ1) is 7.75. The summed E-state index contributed by atoms with van der Waals surface area (Å²) >= 11 is 0. The molecule has 0 bridgehead atoms. The first-order valence-corrected chi connectivity index (χ1v) is 6.46. The van der Waals surface area contributed by atoms with Crippen molar-refractivity contribution >= 4 is 5.97 Å². The third-order valence-electron chi connectivity index (χ3n) is 3.56. The molecule has 0 aromatic rings. The van der Waals surface area contributed by atoms with Crippen molar-refractivity contribution in [1.29, 1.82) is 0 Å². The number of hydrogen-bond acceptors (Lipinski definition) is 2. The highest BCUT2D eigenvalue weighted by Crippen LogP contribution is 2.32. The van der Waals surface area contributed by atoms with Crippen LogP contribution in [0, 0.1) is 5.41 Å². The largest absolute Gasteiger partial charge is 0.478 e. The molecule has 1 heterocycles. The van der Waals surface area contributed by atoms with Gasteiger partial charge >= 0.3 is 5.97 Å². The Bertz CT molecular complexity index is 326. The van der Waals surface area contributed by atoms with E-state index >= 15 is 0 Å². The number of rotatable bonds is 2. The average Bonchev–Trinajstić information content (AvgIpc) is 2.15. The molecule has 98 valence electrons. The fourth-order valence-corrected chi connectivity index (χ4v) is 2.76. The number of allylic oxidation sites excluding steroid dienone is 1. The molecule has 0 saturated carbocycles. The molecule has 0 aliphatic carbocycles. The predicted octanol–water partition coefficient (Wildman–Crippen LogP) is 3.27. The van der Waals surface area contributed by atoms with Crippen LogP contribution in [0.5, 0.6) is 0 Å². The van der Waals surface area contributed by atoms with Crippen molar-refractivity contribution < 1.29 is 9.90 Å². The summed E-state index contributed by atoms with van der Waals surface area (Å²) in [5.74, 6) is -0.784. The first-order valence-electron chi connectivity index (χ1n) is 6.46. The molecule has 1 N–H and O–H groups in total. The van der Waals surface area contributed by atoms with Gasteiger partial charge < -0.3 is 10.0 Å². The van der Waals surface area contributed by atoms with Gasteiger partial charge in [-0.3, -0.25) is 0 Å². The first kappa shape index (κ1) is 14.1. The lowest BCUT2D eigenvalue weighted by Gasteiger charge is -2.38. The van der Waals surface area contributed by atoms with Gasteiger partial charge in [0.2, 0.25) is 0 Å². The van der Waals surface area contributed by atoms with Gasteiger partial charge in [0.05, 0.1) is 5.57 Å². The van der Waals surface area contributed by atoms with E-state index in [0.717, 1.165) is 18.7 Å². The lowest BCUT2D eigenvalue weighted by atomic mass is 9.84. The molecule has 0 aromatic heterocycles. The third kappa shape index (κ3) is 3.24. The topological polar surface area (TPSA) is 40.5 Å². The molecule has 3 heteroatoms. The number of likely N-dealkylation sites (tertiary alicyclic amines) is 1. The molecular formula is C14H25NO2. The Hall–Kier alpha value is -0.990. The summed E-state index contributed by atoms with van der Waals surface area (Å²) in [6.07, 6.45) is 3.58. The Morgan fingerprint density at radius 3 is 2.29 bits per heavy atom. The fourth-order valence-electron chi connectivity index (χ4n) is 2.76. The molecule has 0 radical (unpaired) electrons. The maximum Gasteiger partial charge on any atom is 0.333 e. The summed E-state index contributed by atoms with van der Waals surface area (Å²) in [5.41, 5.74) is 1.18. The molecule has 1 saturated heterocycles. The van der Waals surface area contributed by atoms with Crippen molar-refractivity contribution in [2.45, 2.75) is 59.9 Å². The number of nitrogens with zero attached hydrogens (tertiary/aromatic N) is 1. The molecule has 17 heavy (non-hydrogen) atoms. The van der Waals surface area contributed by atoms with Crippen molar-refractivity contribution in [1.82, 2.24) is 4.90 Å². The Balaban J connectivity index is 3.10. The number of piperidine rings is 1. The molecule has 3 nitrogen and oxygen atoms in total. The zero-order valence-electron chi connectivity index (χ0n) is 11.7. The maximum absolute atomic E-state index is 11.5. The normalized spacial score (nSPS) is 23.4. The zero-order valence-corrected chi connectivity index (χ0v) is 11.7. The van der Waals surface area contributed by atoms with E-state index in [4.69, 9.17) is 0 Å². The number of carboxylic acids is 1. The summed E-state index contributed by atoms with van der Waals surface area (Å²) < 4.78 is 0. The van der Waals surface area contributed by atoms with Gasteiger partial charge in [0.15, 0.2) is 0 Å². The zero-order chi connectivity index (χ0) is 13.2. The number of hydrogen-bond donors (Lipinski definition) is 1. The van der Waals surface area contributed by atoms with Crippen molar-refractivity contribution in [3.63, 3.8) is 0 Å². The van der Waals surface area contributed by atoms with Gasteiger partial charge in [-0.25, -0.2) is 4.79 Å². The SMILES string of the molecule is CC(=C(C(=O)O)C(C)(C)C)N1CCCCC1C. The van der Waals surface area contributed by atoms with Gasteiger partial charge in [-0.15, -0.1) is 0 Å². The standard InChI is InChI=1S/C14H25NO2/c1-10-8-6-7-9-15(10)11(2)12(13(16)17)14(3,4)5/h10H,6-9H2,1-5H3,(H,16,17). The third-order valence-corrected chi connectivity index (χ3v) is 3.56. The van der Waals surface area contributed by atoms with E-state index in [0.29, 0.717) is 11.6 Å². The van der Waals surface area contributed by atoms with Gasteiger partial charge in [0, 0.05) is 18.3 Å². The van der Waals surface area contributed by atoms with Crippen molar-refractivity contribution in [2.75, 3.05) is 6.54 Å². The summed E-state index contributed by atoms with van der Waals surface area (Å²) in [7, 11) is 0. The van der Waals surface area contributed by atoms with E-state index in [1.165, 1.54) is 12.8 Å². The van der Waals surface area contributed by atoms with Crippen LogP contribution >= 0.6 is 0 Å². The van der Waals surface area contributed by atoms with E-state index in [1.54, 1.807) is 0 Å². The van der Waals surface area contributed by atoms with Crippen LogP contribution in [0.15, 0.2) is 11.3 Å². The summed E-state index contributed by atoms with van der Waals surface area (Å²) in [6, 6.07) is 0.459. The van der Waals surface area contributed by atoms with E-state index in [9.17, 15) is 9.90 Å². The average molecular weight is 239 g/mol. The van der Waals surface area contributed by atoms with E-state index in [-0.39, 0.29) is 5.41 Å². The molecule has 0 spiro atoms. The van der Waals surface area contributed by atoms with Gasteiger partial charge in [-0.1, -0.05) is 20.8 Å². The quantitative estimate of drug-likeness (QED) is 0.752. The second kappa shape index (κ2) is 5.11. The summed E-state index contributed by atoms with van der Waals surface area (Å²) in [5, 5.41) is 9.41.